The molecular formula is C9H10BrF2NO. The van der Waals surface area contributed by atoms with Crippen LogP contribution in [0.25, 0.3) is 0 Å². The Balaban J connectivity index is 3.15. The summed E-state index contributed by atoms with van der Waals surface area (Å²) in [4.78, 5) is 0. The molecule has 0 fully saturated rings. The molecule has 1 aromatic rings. The second-order valence-electron chi connectivity index (χ2n) is 3.09. The van der Waals surface area contributed by atoms with E-state index in [1.54, 1.807) is 6.92 Å². The lowest BCUT2D eigenvalue weighted by Gasteiger charge is -2.15. The average molecular weight is 266 g/mol. The van der Waals surface area contributed by atoms with Crippen LogP contribution in [-0.4, -0.2) is 11.1 Å². The molecule has 0 bridgehead atoms. The van der Waals surface area contributed by atoms with Crippen LogP contribution in [0.5, 0.6) is 0 Å². The molecule has 0 aromatic heterocycles. The summed E-state index contributed by atoms with van der Waals surface area (Å²) >= 11 is 2.90. The molecule has 0 aliphatic carbocycles. The summed E-state index contributed by atoms with van der Waals surface area (Å²) in [7, 11) is 0. The number of benzene rings is 1. The molecule has 0 radical (unpaired) electrons. The van der Waals surface area contributed by atoms with Gasteiger partial charge >= 0.3 is 0 Å². The van der Waals surface area contributed by atoms with Crippen molar-refractivity contribution in [2.24, 2.45) is 5.73 Å². The highest BCUT2D eigenvalue weighted by atomic mass is 79.9. The molecule has 14 heavy (non-hydrogen) atoms. The fraction of sp³-hybridized carbons (Fsp3) is 0.333. The Morgan fingerprint density at radius 2 is 1.93 bits per heavy atom. The lowest BCUT2D eigenvalue weighted by molar-refractivity contribution is 0.148. The van der Waals surface area contributed by atoms with Crippen LogP contribution < -0.4 is 5.73 Å². The van der Waals surface area contributed by atoms with Gasteiger partial charge in [0.25, 0.3) is 0 Å². The largest absolute Gasteiger partial charge is 0.387 e. The van der Waals surface area contributed by atoms with Gasteiger partial charge in [0.1, 0.15) is 11.6 Å². The molecule has 0 saturated heterocycles. The Hall–Kier alpha value is -0.520. The van der Waals surface area contributed by atoms with Gasteiger partial charge in [0.2, 0.25) is 0 Å². The van der Waals surface area contributed by atoms with Gasteiger partial charge in [0.15, 0.2) is 0 Å². The van der Waals surface area contributed by atoms with E-state index in [0.29, 0.717) is 6.07 Å². The molecule has 2 nitrogen and oxygen atoms in total. The predicted octanol–water partition coefficient (Wildman–Crippen LogP) is 2.11. The van der Waals surface area contributed by atoms with E-state index in [1.165, 1.54) is 6.07 Å². The van der Waals surface area contributed by atoms with Crippen molar-refractivity contribution in [3.05, 3.63) is 33.8 Å². The summed E-state index contributed by atoms with van der Waals surface area (Å²) in [5, 5.41) is 9.49. The number of hydrogen-bond donors (Lipinski definition) is 2. The summed E-state index contributed by atoms with van der Waals surface area (Å²) in [5.41, 5.74) is 5.39. The quantitative estimate of drug-likeness (QED) is 0.805. The van der Waals surface area contributed by atoms with Gasteiger partial charge in [0, 0.05) is 17.7 Å². The van der Waals surface area contributed by atoms with Crippen LogP contribution in [0.1, 0.15) is 18.6 Å². The molecular weight excluding hydrogens is 256 g/mol. The van der Waals surface area contributed by atoms with Gasteiger partial charge in [-0.15, -0.1) is 0 Å². The molecule has 0 aliphatic rings. The Labute approximate surface area is 88.9 Å². The normalized spacial score (nSPS) is 15.3. The Kier molecular flexibility index (Phi) is 3.58. The minimum atomic E-state index is -1.13. The Bertz CT molecular complexity index is 344. The lowest BCUT2D eigenvalue weighted by Crippen LogP contribution is -2.25. The third-order valence-electron chi connectivity index (χ3n) is 1.86. The molecule has 0 saturated carbocycles. The van der Waals surface area contributed by atoms with Crippen molar-refractivity contribution < 1.29 is 13.9 Å². The fourth-order valence-corrected chi connectivity index (χ4v) is 1.41. The van der Waals surface area contributed by atoms with Crippen molar-refractivity contribution in [2.45, 2.75) is 19.1 Å². The molecule has 0 spiro atoms. The highest BCUT2D eigenvalue weighted by Gasteiger charge is 2.18. The molecule has 2 atom stereocenters. The first-order valence-corrected chi connectivity index (χ1v) is 4.81. The van der Waals surface area contributed by atoms with Crippen LogP contribution in [0.2, 0.25) is 0 Å². The van der Waals surface area contributed by atoms with E-state index in [1.807, 2.05) is 0 Å². The molecule has 78 valence electrons. The van der Waals surface area contributed by atoms with E-state index in [9.17, 15) is 13.9 Å². The number of rotatable bonds is 2. The maximum atomic E-state index is 13.2. The molecule has 1 aromatic carbocycles. The highest BCUT2D eigenvalue weighted by molar-refractivity contribution is 9.10. The van der Waals surface area contributed by atoms with E-state index in [2.05, 4.69) is 15.9 Å². The second-order valence-corrected chi connectivity index (χ2v) is 3.95. The van der Waals surface area contributed by atoms with Crippen LogP contribution in [0.3, 0.4) is 0 Å². The molecule has 1 rings (SSSR count). The van der Waals surface area contributed by atoms with E-state index >= 15 is 0 Å². The minimum absolute atomic E-state index is 0.00623. The molecule has 0 amide bonds. The fourth-order valence-electron chi connectivity index (χ4n) is 1.05. The third kappa shape index (κ3) is 2.29. The predicted molar refractivity (Wildman–Crippen MR) is 52.7 cm³/mol. The van der Waals surface area contributed by atoms with Crippen LogP contribution >= 0.6 is 15.9 Å². The first-order chi connectivity index (χ1) is 6.43. The van der Waals surface area contributed by atoms with Gasteiger partial charge in [-0.1, -0.05) is 0 Å². The first-order valence-electron chi connectivity index (χ1n) is 4.01. The minimum Gasteiger partial charge on any atom is -0.387 e. The zero-order valence-corrected chi connectivity index (χ0v) is 9.05. The maximum Gasteiger partial charge on any atom is 0.140 e. The highest BCUT2D eigenvalue weighted by Crippen LogP contribution is 2.25. The number of aliphatic hydroxyl groups is 1. The van der Waals surface area contributed by atoms with Gasteiger partial charge < -0.3 is 10.8 Å². The standard InChI is InChI=1S/C9H10BrF2NO/c1-4(13)9(14)5-2-6(10)8(12)3-7(5)11/h2-4,9,14H,13H2,1H3/t4-,9-/m1/s1. The van der Waals surface area contributed by atoms with Crippen molar-refractivity contribution in [2.75, 3.05) is 0 Å². The average Bonchev–Trinajstić information content (AvgIpc) is 2.10. The zero-order chi connectivity index (χ0) is 10.9. The molecule has 0 unspecified atom stereocenters. The monoisotopic (exact) mass is 265 g/mol. The summed E-state index contributed by atoms with van der Waals surface area (Å²) in [6, 6.07) is 1.30. The summed E-state index contributed by atoms with van der Waals surface area (Å²) in [6.45, 7) is 1.54. The van der Waals surface area contributed by atoms with Crippen molar-refractivity contribution in [1.82, 2.24) is 0 Å². The lowest BCUT2D eigenvalue weighted by atomic mass is 10.0. The molecule has 5 heteroatoms. The van der Waals surface area contributed by atoms with E-state index < -0.39 is 23.8 Å². The third-order valence-corrected chi connectivity index (χ3v) is 2.46. The van der Waals surface area contributed by atoms with Gasteiger partial charge in [-0.25, -0.2) is 8.78 Å². The van der Waals surface area contributed by atoms with Crippen molar-refractivity contribution in [3.63, 3.8) is 0 Å². The van der Waals surface area contributed by atoms with Crippen LogP contribution in [-0.2, 0) is 0 Å². The number of halogens is 3. The summed E-state index contributed by atoms with van der Waals surface area (Å²) in [5.74, 6) is -1.50. The van der Waals surface area contributed by atoms with E-state index in [4.69, 9.17) is 5.73 Å². The SMILES string of the molecule is C[C@@H](N)[C@@H](O)c1cc(Br)c(F)cc1F. The van der Waals surface area contributed by atoms with Gasteiger partial charge in [-0.3, -0.25) is 0 Å². The topological polar surface area (TPSA) is 46.2 Å². The van der Waals surface area contributed by atoms with Crippen LogP contribution in [0, 0.1) is 11.6 Å². The zero-order valence-electron chi connectivity index (χ0n) is 7.47. The molecule has 0 aliphatic heterocycles. The Morgan fingerprint density at radius 3 is 2.43 bits per heavy atom. The molecule has 3 N–H and O–H groups in total. The van der Waals surface area contributed by atoms with Crippen molar-refractivity contribution >= 4 is 15.9 Å². The van der Waals surface area contributed by atoms with Crippen LogP contribution in [0.4, 0.5) is 8.78 Å². The Morgan fingerprint density at radius 1 is 1.36 bits per heavy atom. The van der Waals surface area contributed by atoms with Gasteiger partial charge in [-0.2, -0.15) is 0 Å². The number of hydrogen-bond acceptors (Lipinski definition) is 2. The summed E-state index contributed by atoms with van der Waals surface area (Å²) < 4.78 is 26.1. The van der Waals surface area contributed by atoms with E-state index in [-0.39, 0.29) is 10.0 Å². The van der Waals surface area contributed by atoms with Gasteiger partial charge in [0.05, 0.1) is 10.6 Å². The van der Waals surface area contributed by atoms with Gasteiger partial charge in [-0.05, 0) is 28.9 Å². The van der Waals surface area contributed by atoms with E-state index in [0.717, 1.165) is 0 Å². The maximum absolute atomic E-state index is 13.2. The smallest absolute Gasteiger partial charge is 0.140 e. The first kappa shape index (κ1) is 11.6. The summed E-state index contributed by atoms with van der Waals surface area (Å²) in [6.07, 6.45) is -1.13. The van der Waals surface area contributed by atoms with Crippen molar-refractivity contribution in [3.8, 4) is 0 Å². The number of aliphatic hydroxyl groups excluding tert-OH is 1. The van der Waals surface area contributed by atoms with Crippen LogP contribution in [0.15, 0.2) is 16.6 Å². The second kappa shape index (κ2) is 4.33. The number of nitrogens with two attached hydrogens (primary N) is 1. The molecule has 0 heterocycles. The van der Waals surface area contributed by atoms with Crippen molar-refractivity contribution in [1.29, 1.82) is 0 Å².